The first-order valence-electron chi connectivity index (χ1n) is 16.9. The highest BCUT2D eigenvalue weighted by Crippen LogP contribution is 2.49. The number of pyridine rings is 1. The smallest absolute Gasteiger partial charge is 0.291 e. The number of hydrogen-bond acceptors (Lipinski definition) is 7. The maximum Gasteiger partial charge on any atom is 0.291 e. The highest BCUT2D eigenvalue weighted by molar-refractivity contribution is 6.39. The number of rotatable bonds is 9. The van der Waals surface area contributed by atoms with Crippen LogP contribution in [0.5, 0.6) is 5.88 Å². The molecule has 3 fully saturated rings. The monoisotopic (exact) mass is 699 g/mol. The number of benzene rings is 2. The Morgan fingerprint density at radius 1 is 1.00 bits per heavy atom. The molecule has 4 aromatic rings. The molecule has 49 heavy (non-hydrogen) atoms. The summed E-state index contributed by atoms with van der Waals surface area (Å²) in [4.78, 5) is 37.0. The van der Waals surface area contributed by atoms with Crippen LogP contribution in [0.15, 0.2) is 48.5 Å². The molecule has 1 spiro atoms. The van der Waals surface area contributed by atoms with Gasteiger partial charge in [-0.2, -0.15) is 0 Å². The number of carbonyl (C=O) groups is 2. The Labute approximate surface area is 295 Å². The molecule has 12 heteroatoms. The van der Waals surface area contributed by atoms with Crippen LogP contribution in [0.4, 0.5) is 5.69 Å². The van der Waals surface area contributed by atoms with Crippen molar-refractivity contribution >= 4 is 40.7 Å². The molecule has 2 aliphatic heterocycles. The number of nitrogens with zero attached hydrogens (tertiary/aromatic N) is 4. The van der Waals surface area contributed by atoms with Gasteiger partial charge in [0, 0.05) is 86.1 Å². The maximum atomic E-state index is 13.6. The average Bonchev–Trinajstić information content (AvgIpc) is 3.82. The first-order valence-corrected chi connectivity index (χ1v) is 17.7. The summed E-state index contributed by atoms with van der Waals surface area (Å²) in [6.45, 7) is 5.89. The van der Waals surface area contributed by atoms with Gasteiger partial charge in [0.15, 0.2) is 5.82 Å². The lowest BCUT2D eigenvalue weighted by Gasteiger charge is -2.59. The molecule has 10 nitrogen and oxygen atoms in total. The summed E-state index contributed by atoms with van der Waals surface area (Å²) < 4.78 is 7.88. The van der Waals surface area contributed by atoms with Crippen molar-refractivity contribution in [2.75, 3.05) is 32.1 Å². The number of likely N-dealkylation sites (tertiary alicyclic amines) is 1. The van der Waals surface area contributed by atoms with Gasteiger partial charge < -0.3 is 25.3 Å². The lowest BCUT2D eigenvalue weighted by Crippen LogP contribution is -2.65. The fourth-order valence-corrected chi connectivity index (χ4v) is 8.58. The number of amides is 2. The van der Waals surface area contributed by atoms with E-state index in [1.165, 1.54) is 0 Å². The standard InChI is InChI=1S/C37H39Cl2N7O3/c1-21(47)41-23-15-37(16-23)19-45(20-37)18-22-9-12-28(44-36(22)49-2)27-7-3-5-25(32(27)38)26-6-4-8-29(33(26)39)43-35(48)34-42-30-17-40-14-13-31(30)46(34)24-10-11-24/h3-9,12,23-24,40H,10-11,13-20H2,1-2H3,(H,41,47)(H,43,48). The fourth-order valence-electron chi connectivity index (χ4n) is 7.98. The van der Waals surface area contributed by atoms with E-state index in [4.69, 9.17) is 37.9 Å². The van der Waals surface area contributed by atoms with Gasteiger partial charge in [0.2, 0.25) is 11.8 Å². The minimum absolute atomic E-state index is 0.0436. The predicted molar refractivity (Wildman–Crippen MR) is 190 cm³/mol. The van der Waals surface area contributed by atoms with Gasteiger partial charge in [0.1, 0.15) is 0 Å². The second-order valence-corrected chi connectivity index (χ2v) is 14.7. The van der Waals surface area contributed by atoms with E-state index in [9.17, 15) is 9.59 Å². The molecule has 1 saturated heterocycles. The van der Waals surface area contributed by atoms with Crippen molar-refractivity contribution in [3.8, 4) is 28.3 Å². The number of methoxy groups -OCH3 is 1. The molecule has 0 unspecified atom stereocenters. The van der Waals surface area contributed by atoms with Gasteiger partial charge in [-0.1, -0.05) is 59.6 Å². The van der Waals surface area contributed by atoms with Crippen LogP contribution in [0, 0.1) is 5.41 Å². The van der Waals surface area contributed by atoms with Crippen LogP contribution in [0.3, 0.4) is 0 Å². The topological polar surface area (TPSA) is 113 Å². The Morgan fingerprint density at radius 3 is 2.47 bits per heavy atom. The molecule has 4 aliphatic rings. The van der Waals surface area contributed by atoms with E-state index in [-0.39, 0.29) is 11.8 Å². The summed E-state index contributed by atoms with van der Waals surface area (Å²) in [5, 5.41) is 10.3. The van der Waals surface area contributed by atoms with Gasteiger partial charge in [0.25, 0.3) is 5.91 Å². The number of anilines is 1. The molecular formula is C37H39Cl2N7O3. The third-order valence-corrected chi connectivity index (χ3v) is 11.1. The lowest BCUT2D eigenvalue weighted by molar-refractivity contribution is -0.125. The number of imidazole rings is 1. The predicted octanol–water partition coefficient (Wildman–Crippen LogP) is 6.26. The van der Waals surface area contributed by atoms with E-state index < -0.39 is 0 Å². The number of carbonyl (C=O) groups excluding carboxylic acids is 2. The lowest BCUT2D eigenvalue weighted by atomic mass is 9.60. The molecule has 2 aromatic carbocycles. The Morgan fingerprint density at radius 2 is 1.73 bits per heavy atom. The van der Waals surface area contributed by atoms with Crippen molar-refractivity contribution < 1.29 is 14.3 Å². The highest BCUT2D eigenvalue weighted by atomic mass is 35.5. The number of ether oxygens (including phenoxy) is 1. The minimum Gasteiger partial charge on any atom is -0.481 e. The van der Waals surface area contributed by atoms with E-state index in [2.05, 4.69) is 31.5 Å². The van der Waals surface area contributed by atoms with Crippen molar-refractivity contribution in [3.05, 3.63) is 81.4 Å². The van der Waals surface area contributed by atoms with Crippen LogP contribution < -0.4 is 20.7 Å². The molecule has 2 saturated carbocycles. The summed E-state index contributed by atoms with van der Waals surface area (Å²) in [6.07, 6.45) is 5.06. The van der Waals surface area contributed by atoms with Gasteiger partial charge in [0.05, 0.1) is 34.2 Å². The summed E-state index contributed by atoms with van der Waals surface area (Å²) >= 11 is 14.1. The SMILES string of the molecule is COc1nc(-c2cccc(-c3cccc(NC(=O)c4nc5c(n4C4CC4)CCNC5)c3Cl)c2Cl)ccc1CN1CC2(CC(NC(C)=O)C2)C1. The third kappa shape index (κ3) is 6.09. The Hall–Kier alpha value is -3.96. The summed E-state index contributed by atoms with van der Waals surface area (Å²) in [7, 11) is 1.64. The highest BCUT2D eigenvalue weighted by Gasteiger charge is 2.52. The molecule has 0 atom stereocenters. The van der Waals surface area contributed by atoms with Gasteiger partial charge in [-0.25, -0.2) is 9.97 Å². The number of nitrogens with one attached hydrogen (secondary N) is 3. The van der Waals surface area contributed by atoms with E-state index >= 15 is 0 Å². The van der Waals surface area contributed by atoms with E-state index in [1.54, 1.807) is 20.1 Å². The van der Waals surface area contributed by atoms with Crippen molar-refractivity contribution in [2.45, 2.75) is 64.2 Å². The number of aromatic nitrogens is 3. The molecule has 2 amide bonds. The number of hydrogen-bond donors (Lipinski definition) is 3. The van der Waals surface area contributed by atoms with E-state index in [1.807, 2.05) is 36.4 Å². The van der Waals surface area contributed by atoms with Crippen LogP contribution >= 0.6 is 23.2 Å². The molecule has 4 heterocycles. The van der Waals surface area contributed by atoms with Crippen LogP contribution in [0.2, 0.25) is 10.0 Å². The zero-order valence-corrected chi connectivity index (χ0v) is 29.1. The fraction of sp³-hybridized carbons (Fsp3) is 0.405. The maximum absolute atomic E-state index is 13.6. The molecule has 0 bridgehead atoms. The molecule has 254 valence electrons. The zero-order valence-electron chi connectivity index (χ0n) is 27.6. The van der Waals surface area contributed by atoms with Crippen molar-refractivity contribution in [2.24, 2.45) is 5.41 Å². The van der Waals surface area contributed by atoms with Gasteiger partial charge in [-0.15, -0.1) is 0 Å². The van der Waals surface area contributed by atoms with Crippen LogP contribution in [0.1, 0.15) is 66.2 Å². The van der Waals surface area contributed by atoms with Crippen LogP contribution in [-0.4, -0.2) is 64.0 Å². The van der Waals surface area contributed by atoms with Crippen molar-refractivity contribution in [3.63, 3.8) is 0 Å². The molecule has 0 radical (unpaired) electrons. The molecule has 2 aromatic heterocycles. The summed E-state index contributed by atoms with van der Waals surface area (Å²) in [6, 6.07) is 16.0. The summed E-state index contributed by atoms with van der Waals surface area (Å²) in [5.74, 6) is 0.775. The third-order valence-electron chi connectivity index (χ3n) is 10.3. The van der Waals surface area contributed by atoms with Gasteiger partial charge in [-0.3, -0.25) is 14.5 Å². The van der Waals surface area contributed by atoms with Crippen molar-refractivity contribution in [1.29, 1.82) is 0 Å². The first kappa shape index (κ1) is 32.3. The molecular weight excluding hydrogens is 661 g/mol. The Balaban J connectivity index is 1.00. The summed E-state index contributed by atoms with van der Waals surface area (Å²) in [5.41, 5.74) is 6.81. The molecule has 8 rings (SSSR count). The normalized spacial score (nSPS) is 18.4. The minimum atomic E-state index is -0.271. The largest absolute Gasteiger partial charge is 0.481 e. The van der Waals surface area contributed by atoms with Crippen LogP contribution in [0.25, 0.3) is 22.4 Å². The number of halogens is 2. The molecule has 2 aliphatic carbocycles. The first-order chi connectivity index (χ1) is 23.7. The van der Waals surface area contributed by atoms with Crippen LogP contribution in [-0.2, 0) is 24.3 Å². The average molecular weight is 701 g/mol. The van der Waals surface area contributed by atoms with Gasteiger partial charge in [-0.05, 0) is 43.2 Å². The van der Waals surface area contributed by atoms with Gasteiger partial charge >= 0.3 is 0 Å². The molecule has 3 N–H and O–H groups in total. The van der Waals surface area contributed by atoms with Crippen molar-refractivity contribution in [1.82, 2.24) is 30.1 Å². The second kappa shape index (κ2) is 12.7. The quantitative estimate of drug-likeness (QED) is 0.189. The van der Waals surface area contributed by atoms with E-state index in [0.717, 1.165) is 86.4 Å². The number of fused-ring (bicyclic) bond motifs is 1. The second-order valence-electron chi connectivity index (χ2n) is 14.0. The van der Waals surface area contributed by atoms with E-state index in [0.29, 0.717) is 62.7 Å². The Bertz CT molecular complexity index is 1960. The zero-order chi connectivity index (χ0) is 33.9. The Kier molecular flexibility index (Phi) is 8.38.